The Hall–Kier alpha value is -2.11. The molecule has 11 heteroatoms. The van der Waals surface area contributed by atoms with E-state index in [1.165, 1.54) is 16.7 Å². The van der Waals surface area contributed by atoms with Crippen molar-refractivity contribution in [3.8, 4) is 0 Å². The van der Waals surface area contributed by atoms with Crippen molar-refractivity contribution in [2.24, 2.45) is 11.8 Å². The van der Waals surface area contributed by atoms with Crippen molar-refractivity contribution < 1.29 is 24.6 Å². The molecular weight excluding hydrogens is 446 g/mol. The van der Waals surface area contributed by atoms with Crippen LogP contribution in [0.3, 0.4) is 0 Å². The number of carbonyl (C=O) groups is 3. The first kappa shape index (κ1) is 24.0. The van der Waals surface area contributed by atoms with Crippen LogP contribution in [0.5, 0.6) is 0 Å². The average molecular weight is 480 g/mol. The highest BCUT2D eigenvalue weighted by Crippen LogP contribution is 2.52. The predicted molar refractivity (Wildman–Crippen MR) is 124 cm³/mol. The lowest BCUT2D eigenvalue weighted by Gasteiger charge is -2.46. The summed E-state index contributed by atoms with van der Waals surface area (Å²) in [7, 11) is 1.92. The smallest absolute Gasteiger partial charge is 0.353 e. The SMILES string of the molecule is CC(=N)N1CCN(C(=O)C2CC(SC3=C(C(=O)O)N4C(=O)C(C(C)O)[C@H]4C3C)CN2C)CC1. The van der Waals surface area contributed by atoms with E-state index in [-0.39, 0.29) is 40.8 Å². The molecule has 182 valence electrons. The summed E-state index contributed by atoms with van der Waals surface area (Å²) in [5, 5.41) is 27.7. The van der Waals surface area contributed by atoms with Crippen molar-refractivity contribution in [3.05, 3.63) is 10.6 Å². The van der Waals surface area contributed by atoms with Crippen LogP contribution in [-0.4, -0.2) is 117 Å². The number of thioether (sulfide) groups is 1. The number of carboxylic acid groups (broad SMARTS) is 1. The number of amidine groups is 1. The van der Waals surface area contributed by atoms with E-state index in [0.717, 1.165) is 0 Å². The van der Waals surface area contributed by atoms with Gasteiger partial charge in [0.05, 0.1) is 29.9 Å². The molecular formula is C22H33N5O5S. The molecule has 10 nitrogen and oxygen atoms in total. The van der Waals surface area contributed by atoms with Crippen LogP contribution in [0.4, 0.5) is 0 Å². The first-order valence-electron chi connectivity index (χ1n) is 11.5. The highest BCUT2D eigenvalue weighted by molar-refractivity contribution is 8.03. The summed E-state index contributed by atoms with van der Waals surface area (Å²) in [4.78, 5) is 45.7. The van der Waals surface area contributed by atoms with Crippen molar-refractivity contribution in [1.82, 2.24) is 19.6 Å². The van der Waals surface area contributed by atoms with E-state index in [1.807, 2.05) is 28.7 Å². The van der Waals surface area contributed by atoms with E-state index in [0.29, 0.717) is 49.9 Å². The fraction of sp³-hybridized carbons (Fsp3) is 0.727. The molecule has 4 aliphatic heterocycles. The minimum Gasteiger partial charge on any atom is -0.477 e. The van der Waals surface area contributed by atoms with Gasteiger partial charge >= 0.3 is 5.97 Å². The maximum absolute atomic E-state index is 13.2. The number of hydrogen-bond donors (Lipinski definition) is 3. The van der Waals surface area contributed by atoms with E-state index in [1.54, 1.807) is 13.8 Å². The molecule has 3 fully saturated rings. The summed E-state index contributed by atoms with van der Waals surface area (Å²) >= 11 is 1.47. The van der Waals surface area contributed by atoms with Crippen molar-refractivity contribution in [3.63, 3.8) is 0 Å². The van der Waals surface area contributed by atoms with Gasteiger partial charge < -0.3 is 24.9 Å². The molecule has 4 heterocycles. The molecule has 3 N–H and O–H groups in total. The van der Waals surface area contributed by atoms with Gasteiger partial charge in [-0.3, -0.25) is 19.9 Å². The number of aliphatic hydroxyl groups is 1. The molecule has 0 aromatic rings. The molecule has 6 atom stereocenters. The third kappa shape index (κ3) is 4.04. The van der Waals surface area contributed by atoms with Gasteiger partial charge in [-0.05, 0) is 27.3 Å². The summed E-state index contributed by atoms with van der Waals surface area (Å²) in [5.74, 6) is -1.59. The monoisotopic (exact) mass is 479 g/mol. The van der Waals surface area contributed by atoms with Crippen molar-refractivity contribution >= 4 is 35.4 Å². The predicted octanol–water partition coefficient (Wildman–Crippen LogP) is 0.0874. The number of fused-ring (bicyclic) bond motifs is 1. The number of piperazine rings is 1. The molecule has 0 spiro atoms. The number of amides is 2. The van der Waals surface area contributed by atoms with Gasteiger partial charge in [0.25, 0.3) is 0 Å². The number of nitrogens with one attached hydrogen (secondary N) is 1. The van der Waals surface area contributed by atoms with Crippen LogP contribution in [0.25, 0.3) is 0 Å². The lowest BCUT2D eigenvalue weighted by molar-refractivity contribution is -0.163. The van der Waals surface area contributed by atoms with E-state index in [9.17, 15) is 24.6 Å². The number of likely N-dealkylation sites (tertiary alicyclic amines) is 1. The summed E-state index contributed by atoms with van der Waals surface area (Å²) in [6.45, 7) is 8.43. The number of likely N-dealkylation sites (N-methyl/N-ethyl adjacent to an activating group) is 1. The molecule has 0 radical (unpaired) electrons. The summed E-state index contributed by atoms with van der Waals surface area (Å²) < 4.78 is 0. The third-order valence-corrected chi connectivity index (χ3v) is 8.96. The van der Waals surface area contributed by atoms with Crippen LogP contribution in [0.1, 0.15) is 27.2 Å². The maximum Gasteiger partial charge on any atom is 0.353 e. The van der Waals surface area contributed by atoms with E-state index < -0.39 is 18.0 Å². The molecule has 0 bridgehead atoms. The second-order valence-electron chi connectivity index (χ2n) is 9.60. The fourth-order valence-electron chi connectivity index (χ4n) is 5.66. The number of rotatable bonds is 5. The van der Waals surface area contributed by atoms with Crippen LogP contribution in [0.15, 0.2) is 10.6 Å². The topological polar surface area (TPSA) is 128 Å². The summed E-state index contributed by atoms with van der Waals surface area (Å²) in [5.41, 5.74) is 0.0370. The Morgan fingerprint density at radius 3 is 2.33 bits per heavy atom. The van der Waals surface area contributed by atoms with Crippen molar-refractivity contribution in [2.75, 3.05) is 39.8 Å². The molecule has 3 saturated heterocycles. The zero-order valence-electron chi connectivity index (χ0n) is 19.5. The van der Waals surface area contributed by atoms with Crippen LogP contribution in [0, 0.1) is 17.2 Å². The first-order chi connectivity index (χ1) is 15.5. The fourth-order valence-corrected chi connectivity index (χ4v) is 7.26. The van der Waals surface area contributed by atoms with Gasteiger partial charge in [-0.15, -0.1) is 11.8 Å². The first-order valence-corrected chi connectivity index (χ1v) is 12.3. The Balaban J connectivity index is 1.44. The lowest BCUT2D eigenvalue weighted by Crippen LogP contribution is -2.63. The molecule has 2 amide bonds. The molecule has 0 saturated carbocycles. The van der Waals surface area contributed by atoms with Gasteiger partial charge in [-0.25, -0.2) is 4.79 Å². The molecule has 0 aromatic heterocycles. The van der Waals surface area contributed by atoms with Crippen LogP contribution in [0.2, 0.25) is 0 Å². The highest BCUT2D eigenvalue weighted by Gasteiger charge is 2.60. The van der Waals surface area contributed by atoms with Crippen LogP contribution in [-0.2, 0) is 14.4 Å². The Bertz CT molecular complexity index is 900. The van der Waals surface area contributed by atoms with Gasteiger partial charge in [-0.1, -0.05) is 6.92 Å². The number of carbonyl (C=O) groups excluding carboxylic acids is 2. The number of nitrogens with zero attached hydrogens (tertiary/aromatic N) is 4. The number of β-lactam (4-membered cyclic amide) rings is 1. The van der Waals surface area contributed by atoms with Gasteiger partial charge in [0.2, 0.25) is 11.8 Å². The zero-order chi connectivity index (χ0) is 24.2. The molecule has 4 rings (SSSR count). The van der Waals surface area contributed by atoms with E-state index >= 15 is 0 Å². The van der Waals surface area contributed by atoms with Gasteiger partial charge in [0.1, 0.15) is 5.70 Å². The Morgan fingerprint density at radius 1 is 1.18 bits per heavy atom. The van der Waals surface area contributed by atoms with Gasteiger partial charge in [-0.2, -0.15) is 0 Å². The third-order valence-electron chi connectivity index (χ3n) is 7.47. The number of aliphatic carboxylic acids is 1. The van der Waals surface area contributed by atoms with E-state index in [2.05, 4.69) is 0 Å². The van der Waals surface area contributed by atoms with Gasteiger partial charge in [0.15, 0.2) is 0 Å². The number of hydrogen-bond acceptors (Lipinski definition) is 7. The molecule has 5 unspecified atom stereocenters. The second kappa shape index (κ2) is 8.92. The number of carboxylic acids is 1. The van der Waals surface area contributed by atoms with Crippen LogP contribution >= 0.6 is 11.8 Å². The van der Waals surface area contributed by atoms with Crippen molar-refractivity contribution in [1.29, 1.82) is 5.41 Å². The Morgan fingerprint density at radius 2 is 1.79 bits per heavy atom. The second-order valence-corrected chi connectivity index (χ2v) is 10.9. The Kier molecular flexibility index (Phi) is 6.49. The lowest BCUT2D eigenvalue weighted by atomic mass is 9.79. The summed E-state index contributed by atoms with van der Waals surface area (Å²) in [6, 6.07) is -0.583. The quantitative estimate of drug-likeness (QED) is 0.288. The largest absolute Gasteiger partial charge is 0.477 e. The molecule has 0 aromatic carbocycles. The normalized spacial score (nSPS) is 33.3. The zero-order valence-corrected chi connectivity index (χ0v) is 20.3. The minimum absolute atomic E-state index is 0.0370. The highest BCUT2D eigenvalue weighted by atomic mass is 32.2. The Labute approximate surface area is 198 Å². The molecule has 4 aliphatic rings. The standard InChI is InChI=1S/C22H33N5O5S/c1-11-17-16(12(2)28)21(30)27(17)18(22(31)32)19(11)33-14-9-15(24(4)10-14)20(29)26-7-5-25(6-8-26)13(3)23/h11-12,14-17,23,28H,5-10H2,1-4H3,(H,31,32)/t11?,12?,14?,15?,16?,17-/m1/s1. The van der Waals surface area contributed by atoms with Crippen LogP contribution < -0.4 is 0 Å². The average Bonchev–Trinajstić information content (AvgIpc) is 3.23. The maximum atomic E-state index is 13.2. The number of aliphatic hydroxyl groups excluding tert-OH is 1. The summed E-state index contributed by atoms with van der Waals surface area (Å²) in [6.07, 6.45) is -0.206. The van der Waals surface area contributed by atoms with E-state index in [4.69, 9.17) is 5.41 Å². The van der Waals surface area contributed by atoms with Gasteiger partial charge in [0, 0.05) is 48.8 Å². The minimum atomic E-state index is -1.12. The molecule has 0 aliphatic carbocycles. The molecule has 33 heavy (non-hydrogen) atoms. The van der Waals surface area contributed by atoms with Crippen molar-refractivity contribution in [2.45, 2.75) is 50.6 Å².